The summed E-state index contributed by atoms with van der Waals surface area (Å²) in [6.07, 6.45) is -2.70. The molecule has 0 fully saturated rings. The Labute approximate surface area is 105 Å². The van der Waals surface area contributed by atoms with Crippen molar-refractivity contribution in [3.05, 3.63) is 35.4 Å². The van der Waals surface area contributed by atoms with Gasteiger partial charge in [0, 0.05) is 12.8 Å². The van der Waals surface area contributed by atoms with Gasteiger partial charge in [0.1, 0.15) is 5.78 Å². The molecule has 0 spiro atoms. The smallest absolute Gasteiger partial charge is 0.299 e. The zero-order chi connectivity index (χ0) is 13.8. The van der Waals surface area contributed by atoms with Gasteiger partial charge in [-0.05, 0) is 23.6 Å². The first kappa shape index (κ1) is 14.7. The van der Waals surface area contributed by atoms with Crippen LogP contribution in [0.3, 0.4) is 0 Å². The van der Waals surface area contributed by atoms with Gasteiger partial charge >= 0.3 is 6.18 Å². The Hall–Kier alpha value is -1.32. The highest BCUT2D eigenvalue weighted by Crippen LogP contribution is 2.29. The molecule has 1 unspecified atom stereocenters. The normalized spacial score (nSPS) is 13.4. The summed E-state index contributed by atoms with van der Waals surface area (Å²) in [5.41, 5.74) is -0.0445. The molecule has 0 aliphatic rings. The number of halogens is 3. The third-order valence-electron chi connectivity index (χ3n) is 2.96. The Kier molecular flexibility index (Phi) is 4.93. The van der Waals surface area contributed by atoms with Crippen LogP contribution in [0.1, 0.15) is 37.8 Å². The Morgan fingerprint density at radius 1 is 1.22 bits per heavy atom. The van der Waals surface area contributed by atoms with Crippen molar-refractivity contribution in [2.45, 2.75) is 39.3 Å². The van der Waals surface area contributed by atoms with Crippen molar-refractivity contribution in [1.29, 1.82) is 0 Å². The summed E-state index contributed by atoms with van der Waals surface area (Å²) in [6, 6.07) is 4.78. The monoisotopic (exact) mass is 258 g/mol. The average Bonchev–Trinajstić information content (AvgIpc) is 2.28. The number of alkyl halides is 3. The maximum absolute atomic E-state index is 12.3. The first-order valence-electron chi connectivity index (χ1n) is 6.00. The molecule has 0 saturated carbocycles. The molecule has 1 atom stereocenters. The number of carbonyl (C=O) groups is 1. The number of carbonyl (C=O) groups excluding carboxylic acids is 1. The second kappa shape index (κ2) is 6.03. The van der Waals surface area contributed by atoms with Crippen molar-refractivity contribution in [2.75, 3.05) is 0 Å². The van der Waals surface area contributed by atoms with Gasteiger partial charge < -0.3 is 0 Å². The van der Waals surface area contributed by atoms with Crippen molar-refractivity contribution >= 4 is 5.78 Å². The lowest BCUT2D eigenvalue weighted by molar-refractivity contribution is -0.137. The minimum Gasteiger partial charge on any atom is -0.299 e. The molecular formula is C14H17F3O. The van der Waals surface area contributed by atoms with Gasteiger partial charge in [-0.25, -0.2) is 0 Å². The maximum atomic E-state index is 12.3. The van der Waals surface area contributed by atoms with E-state index in [9.17, 15) is 18.0 Å². The predicted molar refractivity (Wildman–Crippen MR) is 64.2 cm³/mol. The van der Waals surface area contributed by atoms with Gasteiger partial charge in [0.15, 0.2) is 0 Å². The molecule has 0 N–H and O–H groups in total. The molecule has 0 heterocycles. The highest BCUT2D eigenvalue weighted by Gasteiger charge is 2.29. The Bertz CT molecular complexity index is 392. The van der Waals surface area contributed by atoms with Crippen LogP contribution in [0.4, 0.5) is 13.2 Å². The van der Waals surface area contributed by atoms with Crippen molar-refractivity contribution in [1.82, 2.24) is 0 Å². The largest absolute Gasteiger partial charge is 0.416 e. The van der Waals surface area contributed by atoms with E-state index < -0.39 is 11.7 Å². The van der Waals surface area contributed by atoms with Crippen LogP contribution < -0.4 is 0 Å². The van der Waals surface area contributed by atoms with E-state index >= 15 is 0 Å². The van der Waals surface area contributed by atoms with Crippen LogP contribution in [-0.2, 0) is 17.4 Å². The molecule has 100 valence electrons. The van der Waals surface area contributed by atoms with Gasteiger partial charge in [0.25, 0.3) is 0 Å². The molecule has 1 rings (SSSR count). The van der Waals surface area contributed by atoms with Gasteiger partial charge in [-0.1, -0.05) is 32.4 Å². The molecule has 0 amide bonds. The van der Waals surface area contributed by atoms with E-state index in [0.29, 0.717) is 17.9 Å². The Morgan fingerprint density at radius 3 is 2.22 bits per heavy atom. The molecule has 0 radical (unpaired) electrons. The molecule has 0 aliphatic heterocycles. The van der Waals surface area contributed by atoms with E-state index in [2.05, 4.69) is 0 Å². The summed E-state index contributed by atoms with van der Waals surface area (Å²) in [4.78, 5) is 11.6. The highest BCUT2D eigenvalue weighted by atomic mass is 19.4. The molecule has 0 aliphatic carbocycles. The third-order valence-corrected chi connectivity index (χ3v) is 2.96. The van der Waals surface area contributed by atoms with E-state index in [1.165, 1.54) is 12.1 Å². The van der Waals surface area contributed by atoms with Gasteiger partial charge in [0.05, 0.1) is 5.56 Å². The third kappa shape index (κ3) is 4.51. The molecule has 18 heavy (non-hydrogen) atoms. The summed E-state index contributed by atoms with van der Waals surface area (Å²) in [6.45, 7) is 4.00. The molecule has 0 saturated heterocycles. The number of ketones is 1. The summed E-state index contributed by atoms with van der Waals surface area (Å²) < 4.78 is 37.0. The second-order valence-corrected chi connectivity index (χ2v) is 4.63. The molecule has 1 nitrogen and oxygen atoms in total. The molecule has 1 aromatic carbocycles. The fourth-order valence-electron chi connectivity index (χ4n) is 1.64. The molecule has 0 bridgehead atoms. The van der Waals surface area contributed by atoms with E-state index in [4.69, 9.17) is 0 Å². The second-order valence-electron chi connectivity index (χ2n) is 4.63. The Morgan fingerprint density at radius 2 is 1.78 bits per heavy atom. The SMILES string of the molecule is CCC(C)CC(=O)Cc1ccc(C(F)(F)F)cc1. The first-order chi connectivity index (χ1) is 8.32. The van der Waals surface area contributed by atoms with Crippen molar-refractivity contribution in [3.63, 3.8) is 0 Å². The standard InChI is InChI=1S/C14H17F3O/c1-3-10(2)8-13(18)9-11-4-6-12(7-5-11)14(15,16)17/h4-7,10H,3,8-9H2,1-2H3. The number of rotatable bonds is 5. The highest BCUT2D eigenvalue weighted by molar-refractivity contribution is 5.81. The molecule has 4 heteroatoms. The Balaban J connectivity index is 2.61. The summed E-state index contributed by atoms with van der Waals surface area (Å²) in [5, 5.41) is 0. The zero-order valence-electron chi connectivity index (χ0n) is 10.6. The van der Waals surface area contributed by atoms with Crippen LogP contribution in [0.15, 0.2) is 24.3 Å². The topological polar surface area (TPSA) is 17.1 Å². The fraction of sp³-hybridized carbons (Fsp3) is 0.500. The maximum Gasteiger partial charge on any atom is 0.416 e. The number of benzene rings is 1. The minimum atomic E-state index is -4.32. The minimum absolute atomic E-state index is 0.0732. The summed E-state index contributed by atoms with van der Waals surface area (Å²) >= 11 is 0. The van der Waals surface area contributed by atoms with Crippen molar-refractivity contribution < 1.29 is 18.0 Å². The number of hydrogen-bond donors (Lipinski definition) is 0. The molecular weight excluding hydrogens is 241 g/mol. The summed E-state index contributed by atoms with van der Waals surface area (Å²) in [5.74, 6) is 0.399. The fourth-order valence-corrected chi connectivity index (χ4v) is 1.64. The summed E-state index contributed by atoms with van der Waals surface area (Å²) in [7, 11) is 0. The first-order valence-corrected chi connectivity index (χ1v) is 6.00. The lowest BCUT2D eigenvalue weighted by atomic mass is 9.97. The number of hydrogen-bond acceptors (Lipinski definition) is 1. The van der Waals surface area contributed by atoms with Crippen LogP contribution in [-0.4, -0.2) is 5.78 Å². The van der Waals surface area contributed by atoms with Crippen LogP contribution in [0.25, 0.3) is 0 Å². The van der Waals surface area contributed by atoms with Crippen LogP contribution in [0.5, 0.6) is 0 Å². The number of Topliss-reactive ketones (excluding diaryl/α,β-unsaturated/α-hetero) is 1. The van der Waals surface area contributed by atoms with Crippen LogP contribution >= 0.6 is 0 Å². The quantitative estimate of drug-likeness (QED) is 0.771. The van der Waals surface area contributed by atoms with E-state index in [1.54, 1.807) is 0 Å². The van der Waals surface area contributed by atoms with E-state index in [0.717, 1.165) is 18.6 Å². The molecule has 1 aromatic rings. The average molecular weight is 258 g/mol. The van der Waals surface area contributed by atoms with Gasteiger partial charge in [-0.15, -0.1) is 0 Å². The van der Waals surface area contributed by atoms with Crippen LogP contribution in [0.2, 0.25) is 0 Å². The predicted octanol–water partition coefficient (Wildman–Crippen LogP) is 4.25. The zero-order valence-corrected chi connectivity index (χ0v) is 10.6. The van der Waals surface area contributed by atoms with E-state index in [1.807, 2.05) is 13.8 Å². The van der Waals surface area contributed by atoms with Gasteiger partial charge in [-0.3, -0.25) is 4.79 Å². The lowest BCUT2D eigenvalue weighted by Gasteiger charge is -2.09. The van der Waals surface area contributed by atoms with Crippen LogP contribution in [0, 0.1) is 5.92 Å². The lowest BCUT2D eigenvalue weighted by Crippen LogP contribution is -2.09. The molecule has 0 aromatic heterocycles. The van der Waals surface area contributed by atoms with Crippen molar-refractivity contribution in [3.8, 4) is 0 Å². The van der Waals surface area contributed by atoms with E-state index in [-0.39, 0.29) is 12.2 Å². The van der Waals surface area contributed by atoms with Crippen molar-refractivity contribution in [2.24, 2.45) is 5.92 Å². The van der Waals surface area contributed by atoms with Gasteiger partial charge in [0.2, 0.25) is 0 Å². The van der Waals surface area contributed by atoms with Gasteiger partial charge in [-0.2, -0.15) is 13.2 Å².